The fraction of sp³-hybridized carbons (Fsp3) is 0.400. The summed E-state index contributed by atoms with van der Waals surface area (Å²) in [6.45, 7) is 6.32. The van der Waals surface area contributed by atoms with E-state index in [2.05, 4.69) is 36.9 Å². The van der Waals surface area contributed by atoms with Crippen molar-refractivity contribution in [1.82, 2.24) is 14.8 Å². The molecule has 0 aromatic carbocycles. The van der Waals surface area contributed by atoms with Crippen LogP contribution in [0.25, 0.3) is 6.20 Å². The van der Waals surface area contributed by atoms with Crippen LogP contribution in [0.5, 0.6) is 0 Å². The molecule has 0 amide bonds. The van der Waals surface area contributed by atoms with Crippen LogP contribution in [0.4, 0.5) is 0 Å². The zero-order valence-electron chi connectivity index (χ0n) is 8.15. The molecular weight excluding hydrogens is 162 g/mol. The second kappa shape index (κ2) is 3.90. The first-order chi connectivity index (χ1) is 6.15. The number of aromatic nitrogens is 3. The topological polar surface area (TPSA) is 30.7 Å². The van der Waals surface area contributed by atoms with E-state index in [1.807, 2.05) is 6.20 Å². The molecule has 0 saturated heterocycles. The summed E-state index contributed by atoms with van der Waals surface area (Å²) in [5.41, 5.74) is 1.25. The molecule has 1 aromatic heterocycles. The van der Waals surface area contributed by atoms with E-state index in [-0.39, 0.29) is 0 Å². The number of rotatable bonds is 2. The summed E-state index contributed by atoms with van der Waals surface area (Å²) < 4.78 is 1.76. The number of hydrogen-bond acceptors (Lipinski definition) is 2. The number of allylic oxidation sites excluding steroid dienone is 1. The van der Waals surface area contributed by atoms with Gasteiger partial charge in [0.2, 0.25) is 5.82 Å². The third-order valence-corrected chi connectivity index (χ3v) is 1.96. The van der Waals surface area contributed by atoms with Crippen LogP contribution in [0.15, 0.2) is 11.9 Å². The molecule has 0 atom stereocenters. The Hall–Kier alpha value is -1.56. The van der Waals surface area contributed by atoms with Crippen LogP contribution >= 0.6 is 0 Å². The molecule has 0 N–H and O–H groups in total. The van der Waals surface area contributed by atoms with E-state index in [0.29, 0.717) is 11.7 Å². The van der Waals surface area contributed by atoms with Crippen molar-refractivity contribution >= 4 is 6.20 Å². The maximum Gasteiger partial charge on any atom is 0.211 e. The SMILES string of the molecule is C#Cc1nncn1/C=C(\C)C(C)C. The Morgan fingerprint density at radius 2 is 2.38 bits per heavy atom. The summed E-state index contributed by atoms with van der Waals surface area (Å²) in [4.78, 5) is 0. The van der Waals surface area contributed by atoms with Gasteiger partial charge in [-0.3, -0.25) is 4.57 Å². The standard InChI is InChI=1S/C10H13N3/c1-5-10-12-11-7-13(10)6-9(4)8(2)3/h1,6-8H,2-4H3/b9-6+. The van der Waals surface area contributed by atoms with Crippen molar-refractivity contribution in [3.05, 3.63) is 17.7 Å². The summed E-state index contributed by atoms with van der Waals surface area (Å²) in [7, 11) is 0. The van der Waals surface area contributed by atoms with Crippen molar-refractivity contribution in [3.8, 4) is 12.3 Å². The molecule has 3 nitrogen and oxygen atoms in total. The molecule has 0 aliphatic heterocycles. The molecule has 1 rings (SSSR count). The van der Waals surface area contributed by atoms with Crippen molar-refractivity contribution in [2.24, 2.45) is 5.92 Å². The van der Waals surface area contributed by atoms with Gasteiger partial charge in [-0.25, -0.2) is 0 Å². The first-order valence-corrected chi connectivity index (χ1v) is 4.19. The van der Waals surface area contributed by atoms with Crippen molar-refractivity contribution < 1.29 is 0 Å². The highest BCUT2D eigenvalue weighted by Gasteiger charge is 2.00. The van der Waals surface area contributed by atoms with Crippen LogP contribution in [0.1, 0.15) is 26.6 Å². The Balaban J connectivity index is 2.98. The molecule has 0 bridgehead atoms. The third-order valence-electron chi connectivity index (χ3n) is 1.96. The van der Waals surface area contributed by atoms with Crippen LogP contribution < -0.4 is 0 Å². The van der Waals surface area contributed by atoms with Crippen molar-refractivity contribution in [1.29, 1.82) is 0 Å². The molecule has 0 radical (unpaired) electrons. The number of terminal acetylenes is 1. The van der Waals surface area contributed by atoms with Gasteiger partial charge in [-0.05, 0) is 18.8 Å². The summed E-state index contributed by atoms with van der Waals surface area (Å²) in [6, 6.07) is 0. The zero-order chi connectivity index (χ0) is 9.84. The smallest absolute Gasteiger partial charge is 0.211 e. The second-order valence-corrected chi connectivity index (χ2v) is 3.23. The fourth-order valence-electron chi connectivity index (χ4n) is 0.809. The van der Waals surface area contributed by atoms with Crippen LogP contribution in [0, 0.1) is 18.3 Å². The van der Waals surface area contributed by atoms with E-state index in [9.17, 15) is 0 Å². The average molecular weight is 175 g/mol. The highest BCUT2D eigenvalue weighted by molar-refractivity contribution is 5.34. The van der Waals surface area contributed by atoms with Gasteiger partial charge in [-0.1, -0.05) is 19.4 Å². The van der Waals surface area contributed by atoms with Gasteiger partial charge in [-0.15, -0.1) is 16.6 Å². The van der Waals surface area contributed by atoms with Gasteiger partial charge in [0.25, 0.3) is 0 Å². The lowest BCUT2D eigenvalue weighted by atomic mass is 10.1. The molecule has 0 aliphatic carbocycles. The molecule has 0 spiro atoms. The van der Waals surface area contributed by atoms with Crippen molar-refractivity contribution in [2.45, 2.75) is 20.8 Å². The molecule has 0 fully saturated rings. The summed E-state index contributed by atoms with van der Waals surface area (Å²) in [5, 5.41) is 7.51. The molecule has 0 unspecified atom stereocenters. The Labute approximate surface area is 78.5 Å². The Morgan fingerprint density at radius 1 is 1.69 bits per heavy atom. The summed E-state index contributed by atoms with van der Waals surface area (Å²) in [6.07, 6.45) is 8.81. The van der Waals surface area contributed by atoms with Crippen molar-refractivity contribution in [3.63, 3.8) is 0 Å². The van der Waals surface area contributed by atoms with Crippen LogP contribution in [0.2, 0.25) is 0 Å². The molecule has 68 valence electrons. The van der Waals surface area contributed by atoms with Gasteiger partial charge in [0.1, 0.15) is 6.33 Å². The van der Waals surface area contributed by atoms with E-state index in [0.717, 1.165) is 0 Å². The Kier molecular flexibility index (Phi) is 2.86. The molecule has 3 heteroatoms. The van der Waals surface area contributed by atoms with Gasteiger partial charge in [0.15, 0.2) is 0 Å². The van der Waals surface area contributed by atoms with Gasteiger partial charge in [0, 0.05) is 6.20 Å². The zero-order valence-corrected chi connectivity index (χ0v) is 8.15. The van der Waals surface area contributed by atoms with E-state index in [1.165, 1.54) is 5.57 Å². The van der Waals surface area contributed by atoms with Gasteiger partial charge in [0.05, 0.1) is 0 Å². The van der Waals surface area contributed by atoms with Crippen LogP contribution in [-0.4, -0.2) is 14.8 Å². The van der Waals surface area contributed by atoms with Crippen molar-refractivity contribution in [2.75, 3.05) is 0 Å². The monoisotopic (exact) mass is 175 g/mol. The second-order valence-electron chi connectivity index (χ2n) is 3.23. The predicted octanol–water partition coefficient (Wildman–Crippen LogP) is 1.78. The maximum atomic E-state index is 5.24. The molecule has 1 heterocycles. The Morgan fingerprint density at radius 3 is 2.92 bits per heavy atom. The molecule has 13 heavy (non-hydrogen) atoms. The van der Waals surface area contributed by atoms with Gasteiger partial charge in [-0.2, -0.15) is 0 Å². The molecule has 1 aromatic rings. The van der Waals surface area contributed by atoms with Gasteiger partial charge >= 0.3 is 0 Å². The van der Waals surface area contributed by atoms with E-state index in [4.69, 9.17) is 6.42 Å². The van der Waals surface area contributed by atoms with Gasteiger partial charge < -0.3 is 0 Å². The maximum absolute atomic E-state index is 5.24. The number of hydrogen-bond donors (Lipinski definition) is 0. The minimum atomic E-state index is 0.507. The lowest BCUT2D eigenvalue weighted by Gasteiger charge is -2.04. The molecule has 0 saturated carbocycles. The number of nitrogens with zero attached hydrogens (tertiary/aromatic N) is 3. The third kappa shape index (κ3) is 2.19. The quantitative estimate of drug-likeness (QED) is 0.641. The average Bonchev–Trinajstić information content (AvgIpc) is 2.51. The largest absolute Gasteiger partial charge is 0.282 e. The molecular formula is C10H13N3. The highest BCUT2D eigenvalue weighted by Crippen LogP contribution is 2.09. The van der Waals surface area contributed by atoms with E-state index >= 15 is 0 Å². The fourth-order valence-corrected chi connectivity index (χ4v) is 0.809. The minimum Gasteiger partial charge on any atom is -0.282 e. The Bertz CT molecular complexity index is 352. The molecule has 0 aliphatic rings. The normalized spacial score (nSPS) is 11.8. The highest BCUT2D eigenvalue weighted by atomic mass is 15.2. The lowest BCUT2D eigenvalue weighted by molar-refractivity contribution is 0.769. The lowest BCUT2D eigenvalue weighted by Crippen LogP contribution is -1.95. The first kappa shape index (κ1) is 9.53. The van der Waals surface area contributed by atoms with Crippen LogP contribution in [-0.2, 0) is 0 Å². The van der Waals surface area contributed by atoms with E-state index in [1.54, 1.807) is 10.9 Å². The summed E-state index contributed by atoms with van der Waals surface area (Å²) in [5.74, 6) is 3.51. The van der Waals surface area contributed by atoms with Crippen LogP contribution in [0.3, 0.4) is 0 Å². The predicted molar refractivity (Wildman–Crippen MR) is 52.7 cm³/mol. The minimum absolute atomic E-state index is 0.507. The summed E-state index contributed by atoms with van der Waals surface area (Å²) >= 11 is 0. The first-order valence-electron chi connectivity index (χ1n) is 4.19. The van der Waals surface area contributed by atoms with E-state index < -0.39 is 0 Å².